The Kier molecular flexibility index (Phi) is 4.56. The molecule has 9 nitrogen and oxygen atoms in total. The molecule has 1 amide bonds. The number of fused-ring (bicyclic) bond motifs is 3. The largest absolute Gasteiger partial charge is 0.507 e. The molecular formula is C23H26N2O7. The first-order chi connectivity index (χ1) is 14.7. The number of Topliss-reactive ketones (excluding diaryl/α,β-unsaturated/α-hetero) is 4. The van der Waals surface area contributed by atoms with E-state index in [1.165, 1.54) is 17.9 Å². The molecule has 0 saturated heterocycles. The van der Waals surface area contributed by atoms with Crippen LogP contribution in [0.5, 0.6) is 5.75 Å². The SMILES string of the molecule is CN(C)[C@@H]1C(=O)C(C(N)=O)C(=O)[C@@]2(O)C(=O)C3C(=O)c4c(O)cccc4C[C@@]3(C)C[C@@]12C. The van der Waals surface area contributed by atoms with Crippen LogP contribution in [0.15, 0.2) is 18.2 Å². The van der Waals surface area contributed by atoms with E-state index in [1.54, 1.807) is 33.2 Å². The molecule has 3 aliphatic rings. The number of aliphatic hydroxyl groups is 1. The molecule has 9 heteroatoms. The number of likely N-dealkylation sites (N-methyl/N-ethyl adjacent to an activating group) is 1. The van der Waals surface area contributed by atoms with Crippen molar-refractivity contribution in [2.75, 3.05) is 14.1 Å². The quantitative estimate of drug-likeness (QED) is 0.525. The van der Waals surface area contributed by atoms with Crippen LogP contribution in [-0.2, 0) is 25.6 Å². The van der Waals surface area contributed by atoms with E-state index in [0.29, 0.717) is 5.56 Å². The molecule has 0 bridgehead atoms. The lowest BCUT2D eigenvalue weighted by Gasteiger charge is -2.61. The summed E-state index contributed by atoms with van der Waals surface area (Å²) in [7, 11) is 3.11. The van der Waals surface area contributed by atoms with Gasteiger partial charge < -0.3 is 15.9 Å². The first-order valence-electron chi connectivity index (χ1n) is 10.4. The van der Waals surface area contributed by atoms with Crippen molar-refractivity contribution in [3.05, 3.63) is 29.3 Å². The maximum Gasteiger partial charge on any atom is 0.235 e. The lowest BCUT2D eigenvalue weighted by Crippen LogP contribution is -2.79. The Morgan fingerprint density at radius 3 is 2.31 bits per heavy atom. The molecule has 0 aromatic heterocycles. The standard InChI is InChI=1S/C23H26N2O7/c1-21-8-10-6-5-7-11(26)12(10)15(27)14(21)19(30)23(32)18(29)13(20(24)31)16(28)17(25(3)4)22(23,2)9-21/h5-7,13-14,17,26,32H,8-9H2,1-4H3,(H2,24,31)/t13?,14?,17-,21+,22+,23-/m1/s1. The molecule has 0 radical (unpaired) electrons. The molecule has 0 heterocycles. The fraction of sp³-hybridized carbons (Fsp3) is 0.522. The number of hydrogen-bond acceptors (Lipinski definition) is 8. The van der Waals surface area contributed by atoms with Crippen LogP contribution >= 0.6 is 0 Å². The van der Waals surface area contributed by atoms with E-state index < -0.39 is 63.3 Å². The summed E-state index contributed by atoms with van der Waals surface area (Å²) in [6.45, 7) is 3.19. The van der Waals surface area contributed by atoms with Gasteiger partial charge in [0.15, 0.2) is 34.7 Å². The minimum Gasteiger partial charge on any atom is -0.507 e. The van der Waals surface area contributed by atoms with Crippen molar-refractivity contribution in [2.24, 2.45) is 28.4 Å². The molecule has 4 rings (SSSR count). The molecule has 2 fully saturated rings. The van der Waals surface area contributed by atoms with Gasteiger partial charge in [-0.1, -0.05) is 26.0 Å². The molecule has 2 saturated carbocycles. The van der Waals surface area contributed by atoms with Gasteiger partial charge in [0.2, 0.25) is 5.91 Å². The van der Waals surface area contributed by atoms with E-state index in [0.717, 1.165) is 0 Å². The molecule has 0 aliphatic heterocycles. The molecular weight excluding hydrogens is 416 g/mol. The van der Waals surface area contributed by atoms with Crippen LogP contribution in [-0.4, -0.2) is 69.9 Å². The molecule has 32 heavy (non-hydrogen) atoms. The smallest absolute Gasteiger partial charge is 0.235 e. The maximum absolute atomic E-state index is 13.9. The van der Waals surface area contributed by atoms with Crippen LogP contribution in [0, 0.1) is 22.7 Å². The van der Waals surface area contributed by atoms with E-state index >= 15 is 0 Å². The number of nitrogens with zero attached hydrogens (tertiary/aromatic N) is 1. The maximum atomic E-state index is 13.9. The van der Waals surface area contributed by atoms with Crippen molar-refractivity contribution in [3.8, 4) is 5.75 Å². The summed E-state index contributed by atoms with van der Waals surface area (Å²) in [6, 6.07) is 3.46. The van der Waals surface area contributed by atoms with Crippen molar-refractivity contribution in [3.63, 3.8) is 0 Å². The van der Waals surface area contributed by atoms with Crippen molar-refractivity contribution in [1.82, 2.24) is 4.90 Å². The molecule has 170 valence electrons. The summed E-state index contributed by atoms with van der Waals surface area (Å²) < 4.78 is 0. The van der Waals surface area contributed by atoms with Gasteiger partial charge in [-0.3, -0.25) is 28.9 Å². The predicted molar refractivity (Wildman–Crippen MR) is 111 cm³/mol. The summed E-state index contributed by atoms with van der Waals surface area (Å²) >= 11 is 0. The number of ketones is 4. The van der Waals surface area contributed by atoms with Gasteiger partial charge in [-0.25, -0.2) is 0 Å². The number of carbonyl (C=O) groups is 5. The molecule has 4 N–H and O–H groups in total. The summed E-state index contributed by atoms with van der Waals surface area (Å²) in [5, 5.41) is 22.0. The topological polar surface area (TPSA) is 155 Å². The molecule has 3 aliphatic carbocycles. The number of primary amides is 1. The molecule has 0 spiro atoms. The van der Waals surface area contributed by atoms with Crippen molar-refractivity contribution < 1.29 is 34.2 Å². The zero-order valence-corrected chi connectivity index (χ0v) is 18.3. The number of benzene rings is 1. The van der Waals surface area contributed by atoms with Gasteiger partial charge in [0.05, 0.1) is 17.5 Å². The zero-order chi connectivity index (χ0) is 24.0. The van der Waals surface area contributed by atoms with E-state index in [1.807, 2.05) is 0 Å². The van der Waals surface area contributed by atoms with Crippen LogP contribution < -0.4 is 5.73 Å². The van der Waals surface area contributed by atoms with E-state index in [9.17, 15) is 34.2 Å². The monoisotopic (exact) mass is 442 g/mol. The second-order valence-electron chi connectivity index (χ2n) is 10.1. The Morgan fingerprint density at radius 1 is 1.12 bits per heavy atom. The normalized spacial score (nSPS) is 38.9. The molecule has 2 unspecified atom stereocenters. The van der Waals surface area contributed by atoms with Crippen LogP contribution in [0.4, 0.5) is 0 Å². The van der Waals surface area contributed by atoms with Crippen LogP contribution in [0.3, 0.4) is 0 Å². The number of phenolic OH excluding ortho intramolecular Hbond substituents is 1. The van der Waals surface area contributed by atoms with E-state index in [2.05, 4.69) is 0 Å². The second-order valence-corrected chi connectivity index (χ2v) is 10.1. The Morgan fingerprint density at radius 2 is 1.75 bits per heavy atom. The molecule has 6 atom stereocenters. The molecule has 1 aromatic rings. The fourth-order valence-electron chi connectivity index (χ4n) is 6.67. The summed E-state index contributed by atoms with van der Waals surface area (Å²) in [4.78, 5) is 67.3. The Labute approximate surface area is 184 Å². The lowest BCUT2D eigenvalue weighted by molar-refractivity contribution is -0.203. The summed E-state index contributed by atoms with van der Waals surface area (Å²) in [6.07, 6.45) is 0.214. The van der Waals surface area contributed by atoms with Gasteiger partial charge in [-0.15, -0.1) is 0 Å². The predicted octanol–water partition coefficient (Wildman–Crippen LogP) is -0.353. The second kappa shape index (κ2) is 6.55. The van der Waals surface area contributed by atoms with Gasteiger partial charge in [0, 0.05) is 5.41 Å². The van der Waals surface area contributed by atoms with Crippen molar-refractivity contribution in [1.29, 1.82) is 0 Å². The summed E-state index contributed by atoms with van der Waals surface area (Å²) in [5.74, 6) is -8.73. The average molecular weight is 442 g/mol. The number of carbonyl (C=O) groups excluding carboxylic acids is 5. The van der Waals surface area contributed by atoms with Gasteiger partial charge in [-0.05, 0) is 44.0 Å². The number of phenols is 1. The Bertz CT molecular complexity index is 1110. The first kappa shape index (κ1) is 22.3. The number of nitrogens with two attached hydrogens (primary N) is 1. The fourth-order valence-corrected chi connectivity index (χ4v) is 6.67. The van der Waals surface area contributed by atoms with E-state index in [-0.39, 0.29) is 24.2 Å². The third kappa shape index (κ3) is 2.43. The number of rotatable bonds is 2. The minimum atomic E-state index is -2.77. The highest BCUT2D eigenvalue weighted by Crippen LogP contribution is 2.61. The van der Waals surface area contributed by atoms with Gasteiger partial charge in [0.1, 0.15) is 5.75 Å². The molecule has 1 aromatic carbocycles. The van der Waals surface area contributed by atoms with Gasteiger partial charge >= 0.3 is 0 Å². The number of amides is 1. The van der Waals surface area contributed by atoms with Crippen LogP contribution in [0.25, 0.3) is 0 Å². The highest BCUT2D eigenvalue weighted by molar-refractivity contribution is 6.33. The minimum absolute atomic E-state index is 0.00882. The third-order valence-corrected chi connectivity index (χ3v) is 7.72. The summed E-state index contributed by atoms with van der Waals surface area (Å²) in [5.41, 5.74) is 0.480. The third-order valence-electron chi connectivity index (χ3n) is 7.72. The number of hydrogen-bond donors (Lipinski definition) is 3. The van der Waals surface area contributed by atoms with E-state index in [4.69, 9.17) is 5.73 Å². The number of aromatic hydroxyl groups is 1. The van der Waals surface area contributed by atoms with Crippen LogP contribution in [0.1, 0.15) is 36.2 Å². The average Bonchev–Trinajstić information content (AvgIpc) is 2.64. The van der Waals surface area contributed by atoms with Gasteiger partial charge in [0.25, 0.3) is 0 Å². The first-order valence-corrected chi connectivity index (χ1v) is 10.4. The highest BCUT2D eigenvalue weighted by atomic mass is 16.3. The highest BCUT2D eigenvalue weighted by Gasteiger charge is 2.76. The lowest BCUT2D eigenvalue weighted by atomic mass is 9.42. The van der Waals surface area contributed by atoms with Crippen molar-refractivity contribution >= 4 is 29.0 Å². The van der Waals surface area contributed by atoms with Crippen LogP contribution in [0.2, 0.25) is 0 Å². The Balaban J connectivity index is 1.98. The Hall–Kier alpha value is -2.91. The zero-order valence-electron chi connectivity index (χ0n) is 18.3. The van der Waals surface area contributed by atoms with Crippen molar-refractivity contribution in [2.45, 2.75) is 38.3 Å². The van der Waals surface area contributed by atoms with Gasteiger partial charge in [-0.2, -0.15) is 0 Å².